The Balaban J connectivity index is 4.06. The molecule has 0 bridgehead atoms. The number of amides is 1. The molecule has 3 unspecified atom stereocenters. The summed E-state index contributed by atoms with van der Waals surface area (Å²) in [6.07, 6.45) is 75.9. The van der Waals surface area contributed by atoms with Crippen LogP contribution in [0, 0.1) is 0 Å². The van der Waals surface area contributed by atoms with Crippen LogP contribution < -0.4 is 10.2 Å². The summed E-state index contributed by atoms with van der Waals surface area (Å²) in [7, 11) is 1.32. The van der Waals surface area contributed by atoms with Crippen LogP contribution in [-0.4, -0.2) is 68.5 Å². The van der Waals surface area contributed by atoms with Crippen LogP contribution in [0.25, 0.3) is 0 Å². The molecular formula is C66H127N2O6P. The predicted octanol–water partition coefficient (Wildman–Crippen LogP) is 19.6. The Labute approximate surface area is 467 Å². The van der Waals surface area contributed by atoms with E-state index >= 15 is 0 Å². The third-order valence-electron chi connectivity index (χ3n) is 14.8. The Morgan fingerprint density at radius 1 is 0.480 bits per heavy atom. The fourth-order valence-electron chi connectivity index (χ4n) is 9.80. The van der Waals surface area contributed by atoms with Crippen molar-refractivity contribution in [3.05, 3.63) is 48.6 Å². The Kier molecular flexibility index (Phi) is 56.0. The van der Waals surface area contributed by atoms with E-state index in [1.807, 2.05) is 21.1 Å². The number of aliphatic hydroxyl groups excluding tert-OH is 1. The summed E-state index contributed by atoms with van der Waals surface area (Å²) in [5.41, 5.74) is 0. The molecule has 0 saturated carbocycles. The van der Waals surface area contributed by atoms with Gasteiger partial charge in [0.1, 0.15) is 13.2 Å². The van der Waals surface area contributed by atoms with Gasteiger partial charge in [-0.3, -0.25) is 9.36 Å². The molecule has 0 heterocycles. The number of unbranched alkanes of at least 4 members (excludes halogenated alkanes) is 39. The van der Waals surface area contributed by atoms with Gasteiger partial charge in [-0.2, -0.15) is 0 Å². The van der Waals surface area contributed by atoms with Crippen molar-refractivity contribution in [1.29, 1.82) is 0 Å². The van der Waals surface area contributed by atoms with E-state index in [9.17, 15) is 19.4 Å². The number of phosphoric acid groups is 1. The van der Waals surface area contributed by atoms with Crippen molar-refractivity contribution < 1.29 is 32.9 Å². The van der Waals surface area contributed by atoms with Gasteiger partial charge in [-0.15, -0.1) is 0 Å². The van der Waals surface area contributed by atoms with Gasteiger partial charge in [-0.25, -0.2) is 0 Å². The first kappa shape index (κ1) is 73.5. The van der Waals surface area contributed by atoms with Crippen molar-refractivity contribution in [2.24, 2.45) is 0 Å². The second-order valence-corrected chi connectivity index (χ2v) is 24.9. The molecule has 3 atom stereocenters. The van der Waals surface area contributed by atoms with Gasteiger partial charge >= 0.3 is 0 Å². The molecule has 0 aromatic rings. The maximum absolute atomic E-state index is 13.0. The van der Waals surface area contributed by atoms with E-state index in [0.29, 0.717) is 23.9 Å². The molecule has 0 rings (SSSR count). The average Bonchev–Trinajstić information content (AvgIpc) is 3.37. The fourth-order valence-corrected chi connectivity index (χ4v) is 10.5. The Hall–Kier alpha value is -1.54. The quantitative estimate of drug-likeness (QED) is 0.0272. The molecule has 442 valence electrons. The number of rotatable bonds is 60. The first-order valence-corrected chi connectivity index (χ1v) is 33.9. The van der Waals surface area contributed by atoms with Crippen LogP contribution in [0.4, 0.5) is 0 Å². The van der Waals surface area contributed by atoms with Crippen molar-refractivity contribution >= 4 is 13.7 Å². The molecule has 0 aliphatic heterocycles. The average molecular weight is 1080 g/mol. The van der Waals surface area contributed by atoms with Gasteiger partial charge < -0.3 is 28.8 Å². The molecule has 1 amide bonds. The summed E-state index contributed by atoms with van der Waals surface area (Å²) in [6.45, 7) is 4.66. The molecular weight excluding hydrogens is 948 g/mol. The summed E-state index contributed by atoms with van der Waals surface area (Å²) in [5.74, 6) is -0.161. The normalized spacial score (nSPS) is 14.1. The number of phosphoric ester groups is 1. The third kappa shape index (κ3) is 60.0. The zero-order valence-corrected chi connectivity index (χ0v) is 51.4. The van der Waals surface area contributed by atoms with Gasteiger partial charge in [0, 0.05) is 6.42 Å². The molecule has 0 saturated heterocycles. The van der Waals surface area contributed by atoms with E-state index < -0.39 is 20.0 Å². The number of quaternary nitrogens is 1. The topological polar surface area (TPSA) is 108 Å². The van der Waals surface area contributed by atoms with Crippen LogP contribution in [0.2, 0.25) is 0 Å². The maximum atomic E-state index is 13.0. The zero-order chi connectivity index (χ0) is 54.9. The summed E-state index contributed by atoms with van der Waals surface area (Å²) in [5, 5.41) is 14.1. The first-order chi connectivity index (χ1) is 36.5. The predicted molar refractivity (Wildman–Crippen MR) is 325 cm³/mol. The fraction of sp³-hybridized carbons (Fsp3) is 0.864. The van der Waals surface area contributed by atoms with Crippen molar-refractivity contribution in [2.75, 3.05) is 40.9 Å². The molecule has 0 aliphatic carbocycles. The first-order valence-electron chi connectivity index (χ1n) is 32.5. The zero-order valence-electron chi connectivity index (χ0n) is 50.5. The minimum absolute atomic E-state index is 0.0129. The van der Waals surface area contributed by atoms with Crippen LogP contribution >= 0.6 is 7.82 Å². The summed E-state index contributed by atoms with van der Waals surface area (Å²) < 4.78 is 23.5. The van der Waals surface area contributed by atoms with E-state index in [1.54, 1.807) is 0 Å². The summed E-state index contributed by atoms with van der Waals surface area (Å²) in [6, 6.07) is -0.802. The van der Waals surface area contributed by atoms with Crippen molar-refractivity contribution in [3.63, 3.8) is 0 Å². The van der Waals surface area contributed by atoms with Crippen molar-refractivity contribution in [1.82, 2.24) is 5.32 Å². The minimum Gasteiger partial charge on any atom is -0.756 e. The summed E-state index contributed by atoms with van der Waals surface area (Å²) in [4.78, 5) is 25.6. The Morgan fingerprint density at radius 3 is 1.19 bits per heavy atom. The monoisotopic (exact) mass is 1070 g/mol. The number of aliphatic hydroxyl groups is 1. The number of likely N-dealkylation sites (N-methyl/N-ethyl adjacent to an activating group) is 1. The third-order valence-corrected chi connectivity index (χ3v) is 15.8. The summed E-state index contributed by atoms with van der Waals surface area (Å²) >= 11 is 0. The van der Waals surface area contributed by atoms with E-state index in [0.717, 1.165) is 64.2 Å². The van der Waals surface area contributed by atoms with Gasteiger partial charge in [0.2, 0.25) is 5.91 Å². The number of nitrogens with one attached hydrogen (secondary N) is 1. The number of nitrogens with zero attached hydrogens (tertiary/aromatic N) is 1. The molecule has 0 fully saturated rings. The molecule has 9 heteroatoms. The highest BCUT2D eigenvalue weighted by Gasteiger charge is 2.24. The minimum atomic E-state index is -4.58. The number of allylic oxidation sites excluding steroid dienone is 8. The lowest BCUT2D eigenvalue weighted by Gasteiger charge is -2.30. The lowest BCUT2D eigenvalue weighted by molar-refractivity contribution is -0.870. The van der Waals surface area contributed by atoms with Crippen LogP contribution in [0.3, 0.4) is 0 Å². The second-order valence-electron chi connectivity index (χ2n) is 23.4. The largest absolute Gasteiger partial charge is 0.756 e. The maximum Gasteiger partial charge on any atom is 0.268 e. The Morgan fingerprint density at radius 2 is 0.813 bits per heavy atom. The molecule has 0 radical (unpaired) electrons. The van der Waals surface area contributed by atoms with Gasteiger partial charge in [-0.05, 0) is 51.4 Å². The SMILES string of the molecule is CC/C=C\C/C=C\C/C=C\C/C=C\CCCCCCCCCCCCCCCCCCC(=O)NC(COP(=O)([O-])OCC[N+](C)(C)C)C(O)CCCCCCCCCCCCCCCCCCCCCCCCCC. The molecule has 2 N–H and O–H groups in total. The number of hydrogen-bond acceptors (Lipinski definition) is 6. The van der Waals surface area contributed by atoms with Gasteiger partial charge in [-0.1, -0.05) is 306 Å². The van der Waals surface area contributed by atoms with Crippen LogP contribution in [0.5, 0.6) is 0 Å². The molecule has 8 nitrogen and oxygen atoms in total. The molecule has 0 aliphatic rings. The number of hydrogen-bond donors (Lipinski definition) is 2. The highest BCUT2D eigenvalue weighted by atomic mass is 31.2. The van der Waals surface area contributed by atoms with E-state index in [2.05, 4.69) is 67.8 Å². The van der Waals surface area contributed by atoms with Crippen LogP contribution in [-0.2, 0) is 18.4 Å². The van der Waals surface area contributed by atoms with Crippen LogP contribution in [0.15, 0.2) is 48.6 Å². The second kappa shape index (κ2) is 57.2. The van der Waals surface area contributed by atoms with Crippen molar-refractivity contribution in [3.8, 4) is 0 Å². The molecule has 0 spiro atoms. The van der Waals surface area contributed by atoms with E-state index in [-0.39, 0.29) is 19.1 Å². The molecule has 75 heavy (non-hydrogen) atoms. The molecule has 0 aromatic heterocycles. The van der Waals surface area contributed by atoms with Crippen molar-refractivity contribution in [2.45, 2.75) is 328 Å². The van der Waals surface area contributed by atoms with Gasteiger partial charge in [0.25, 0.3) is 7.82 Å². The Bertz CT molecular complexity index is 1360. The number of carbonyl (C=O) groups is 1. The standard InChI is InChI=1S/C66H127N2O6P/c1-6-8-10-12-14-16-18-20-22-24-26-28-30-32-33-34-35-36-38-40-42-44-46-48-50-52-54-56-58-60-66(70)67-64(63-74-75(71,72)73-62-61-68(3,4)5)65(69)59-57-55-53-51-49-47-45-43-41-39-37-31-29-27-25-23-21-19-17-15-13-11-9-7-2/h8,10,14,16,20,22,26,28,64-65,69H,6-7,9,11-13,15,17-19,21,23-25,27,29-63H2,1-5H3,(H-,67,70,71,72)/b10-8-,16-14-,22-20-,28-26-. The smallest absolute Gasteiger partial charge is 0.268 e. The van der Waals surface area contributed by atoms with E-state index in [1.165, 1.54) is 225 Å². The lowest BCUT2D eigenvalue weighted by atomic mass is 10.0. The highest BCUT2D eigenvalue weighted by molar-refractivity contribution is 7.45. The van der Waals surface area contributed by atoms with Crippen LogP contribution in [0.1, 0.15) is 316 Å². The lowest BCUT2D eigenvalue weighted by Crippen LogP contribution is -2.46. The van der Waals surface area contributed by atoms with Gasteiger partial charge in [0.15, 0.2) is 0 Å². The highest BCUT2D eigenvalue weighted by Crippen LogP contribution is 2.38. The van der Waals surface area contributed by atoms with E-state index in [4.69, 9.17) is 9.05 Å². The number of carbonyl (C=O) groups excluding carboxylic acids is 1. The molecule has 0 aromatic carbocycles. The van der Waals surface area contributed by atoms with Gasteiger partial charge in [0.05, 0.1) is 39.9 Å².